The number of ether oxygens (including phenoxy) is 2. The molecule has 1 saturated heterocycles. The average molecular weight is 142 g/mol. The van der Waals surface area contributed by atoms with Crippen LogP contribution in [0, 0.1) is 0 Å². The molecule has 0 radical (unpaired) electrons. The van der Waals surface area contributed by atoms with E-state index in [1.807, 2.05) is 0 Å². The monoisotopic (exact) mass is 142 g/mol. The van der Waals surface area contributed by atoms with Gasteiger partial charge < -0.3 is 9.47 Å². The van der Waals surface area contributed by atoms with Crippen LogP contribution in [0.3, 0.4) is 0 Å². The summed E-state index contributed by atoms with van der Waals surface area (Å²) in [5.41, 5.74) is -0.199. The first-order chi connectivity index (χ1) is 4.81. The second-order valence-corrected chi connectivity index (χ2v) is 2.98. The molecule has 0 aromatic rings. The third-order valence-electron chi connectivity index (χ3n) is 2.04. The summed E-state index contributed by atoms with van der Waals surface area (Å²) in [4.78, 5) is 10.6. The number of carbonyl (C=O) groups is 1. The van der Waals surface area contributed by atoms with Gasteiger partial charge in [0.15, 0.2) is 0 Å². The predicted octanol–water partition coefficient (Wildman–Crippen LogP) is 0.135. The van der Waals surface area contributed by atoms with E-state index in [0.29, 0.717) is 38.4 Å². The fourth-order valence-electron chi connectivity index (χ4n) is 1.49. The summed E-state index contributed by atoms with van der Waals surface area (Å²) in [6, 6.07) is 0. The molecule has 1 spiro atoms. The number of rotatable bonds is 0. The molecule has 2 aliphatic rings. The maximum absolute atomic E-state index is 10.6. The molecular formula is C7H10O3. The fourth-order valence-corrected chi connectivity index (χ4v) is 1.49. The minimum Gasteiger partial charge on any atom is -0.376 e. The standard InChI is InChI=1S/C7H10O3/c8-6-3-7(4-6)5-9-1-2-10-7/h1-5H2. The molecule has 0 aromatic heterocycles. The Morgan fingerprint density at radius 3 is 2.60 bits per heavy atom. The number of hydrogen-bond acceptors (Lipinski definition) is 3. The van der Waals surface area contributed by atoms with Crippen LogP contribution in [0.15, 0.2) is 0 Å². The summed E-state index contributed by atoms with van der Waals surface area (Å²) in [6.45, 7) is 1.93. The van der Waals surface area contributed by atoms with E-state index in [-0.39, 0.29) is 5.60 Å². The Morgan fingerprint density at radius 2 is 2.10 bits per heavy atom. The van der Waals surface area contributed by atoms with Crippen molar-refractivity contribution in [1.29, 1.82) is 0 Å². The molecule has 1 saturated carbocycles. The van der Waals surface area contributed by atoms with Gasteiger partial charge in [-0.1, -0.05) is 0 Å². The molecule has 0 aromatic carbocycles. The Hall–Kier alpha value is -0.410. The Kier molecular flexibility index (Phi) is 1.28. The molecule has 0 atom stereocenters. The summed E-state index contributed by atoms with van der Waals surface area (Å²) in [5, 5.41) is 0. The minimum absolute atomic E-state index is 0.199. The molecule has 0 amide bonds. The van der Waals surface area contributed by atoms with Crippen LogP contribution < -0.4 is 0 Å². The normalized spacial score (nSPS) is 30.2. The molecule has 0 unspecified atom stereocenters. The lowest BCUT2D eigenvalue weighted by atomic mass is 9.79. The zero-order valence-corrected chi connectivity index (χ0v) is 5.76. The van der Waals surface area contributed by atoms with E-state index in [4.69, 9.17) is 9.47 Å². The molecular weight excluding hydrogens is 132 g/mol. The fraction of sp³-hybridized carbons (Fsp3) is 0.857. The first-order valence-electron chi connectivity index (χ1n) is 3.54. The van der Waals surface area contributed by atoms with Crippen molar-refractivity contribution >= 4 is 5.78 Å². The Balaban J connectivity index is 1.96. The van der Waals surface area contributed by atoms with E-state index in [1.165, 1.54) is 0 Å². The minimum atomic E-state index is -0.199. The van der Waals surface area contributed by atoms with Gasteiger partial charge in [0.05, 0.1) is 19.8 Å². The van der Waals surface area contributed by atoms with E-state index in [0.717, 1.165) is 0 Å². The topological polar surface area (TPSA) is 35.5 Å². The van der Waals surface area contributed by atoms with Gasteiger partial charge in [0.25, 0.3) is 0 Å². The Bertz CT molecular complexity index is 148. The number of Topliss-reactive ketones (excluding diaryl/α,β-unsaturated/α-hetero) is 1. The van der Waals surface area contributed by atoms with Crippen LogP contribution in [0.2, 0.25) is 0 Å². The van der Waals surface area contributed by atoms with Gasteiger partial charge in [-0.2, -0.15) is 0 Å². The van der Waals surface area contributed by atoms with Gasteiger partial charge in [-0.25, -0.2) is 0 Å². The number of hydrogen-bond donors (Lipinski definition) is 0. The van der Waals surface area contributed by atoms with E-state index in [2.05, 4.69) is 0 Å². The third kappa shape index (κ3) is 0.859. The second kappa shape index (κ2) is 2.04. The molecule has 1 heterocycles. The number of carbonyl (C=O) groups excluding carboxylic acids is 1. The van der Waals surface area contributed by atoms with Crippen molar-refractivity contribution in [3.05, 3.63) is 0 Å². The van der Waals surface area contributed by atoms with Crippen molar-refractivity contribution in [1.82, 2.24) is 0 Å². The van der Waals surface area contributed by atoms with Crippen molar-refractivity contribution in [3.63, 3.8) is 0 Å². The maximum atomic E-state index is 10.6. The molecule has 3 nitrogen and oxygen atoms in total. The SMILES string of the molecule is O=C1CC2(COCCO2)C1. The third-order valence-corrected chi connectivity index (χ3v) is 2.04. The van der Waals surface area contributed by atoms with Gasteiger partial charge in [0.2, 0.25) is 0 Å². The summed E-state index contributed by atoms with van der Waals surface area (Å²) in [7, 11) is 0. The van der Waals surface area contributed by atoms with E-state index in [9.17, 15) is 4.79 Å². The van der Waals surface area contributed by atoms with Crippen molar-refractivity contribution in [2.75, 3.05) is 19.8 Å². The van der Waals surface area contributed by atoms with Crippen molar-refractivity contribution in [2.45, 2.75) is 18.4 Å². The van der Waals surface area contributed by atoms with Gasteiger partial charge in [0.1, 0.15) is 11.4 Å². The largest absolute Gasteiger partial charge is 0.376 e. The predicted molar refractivity (Wildman–Crippen MR) is 33.7 cm³/mol. The Labute approximate surface area is 59.3 Å². The molecule has 56 valence electrons. The lowest BCUT2D eigenvalue weighted by Crippen LogP contribution is -2.53. The average Bonchev–Trinajstić information content (AvgIpc) is 1.87. The number of ketones is 1. The zero-order chi connectivity index (χ0) is 7.03. The van der Waals surface area contributed by atoms with Crippen LogP contribution in [0.25, 0.3) is 0 Å². The van der Waals surface area contributed by atoms with Crippen LogP contribution in [-0.4, -0.2) is 31.2 Å². The smallest absolute Gasteiger partial charge is 0.138 e. The second-order valence-electron chi connectivity index (χ2n) is 2.98. The lowest BCUT2D eigenvalue weighted by Gasteiger charge is -2.42. The summed E-state index contributed by atoms with van der Waals surface area (Å²) >= 11 is 0. The first-order valence-corrected chi connectivity index (χ1v) is 3.54. The highest BCUT2D eigenvalue weighted by Gasteiger charge is 2.46. The summed E-state index contributed by atoms with van der Waals surface area (Å²) in [6.07, 6.45) is 1.12. The van der Waals surface area contributed by atoms with Crippen molar-refractivity contribution in [2.24, 2.45) is 0 Å². The van der Waals surface area contributed by atoms with Gasteiger partial charge in [0, 0.05) is 12.8 Å². The van der Waals surface area contributed by atoms with Crippen LogP contribution in [-0.2, 0) is 14.3 Å². The first kappa shape index (κ1) is 6.31. The molecule has 2 rings (SSSR count). The molecule has 0 N–H and O–H groups in total. The summed E-state index contributed by atoms with van der Waals surface area (Å²) < 4.78 is 10.6. The maximum Gasteiger partial charge on any atom is 0.138 e. The molecule has 2 fully saturated rings. The zero-order valence-electron chi connectivity index (χ0n) is 5.76. The molecule has 1 aliphatic heterocycles. The van der Waals surface area contributed by atoms with Gasteiger partial charge in [-0.3, -0.25) is 4.79 Å². The highest BCUT2D eigenvalue weighted by atomic mass is 16.6. The lowest BCUT2D eigenvalue weighted by molar-refractivity contribution is -0.193. The van der Waals surface area contributed by atoms with Crippen molar-refractivity contribution in [3.8, 4) is 0 Å². The van der Waals surface area contributed by atoms with Gasteiger partial charge >= 0.3 is 0 Å². The van der Waals surface area contributed by atoms with Crippen LogP contribution in [0.4, 0.5) is 0 Å². The molecule has 0 bridgehead atoms. The molecule has 3 heteroatoms. The molecule has 10 heavy (non-hydrogen) atoms. The highest BCUT2D eigenvalue weighted by molar-refractivity contribution is 5.87. The summed E-state index contributed by atoms with van der Waals surface area (Å²) in [5.74, 6) is 0.297. The van der Waals surface area contributed by atoms with Crippen molar-refractivity contribution < 1.29 is 14.3 Å². The van der Waals surface area contributed by atoms with Gasteiger partial charge in [-0.05, 0) is 0 Å². The van der Waals surface area contributed by atoms with E-state index in [1.54, 1.807) is 0 Å². The quantitative estimate of drug-likeness (QED) is 0.482. The van der Waals surface area contributed by atoms with Crippen LogP contribution in [0.1, 0.15) is 12.8 Å². The Morgan fingerprint density at radius 1 is 1.30 bits per heavy atom. The van der Waals surface area contributed by atoms with Crippen LogP contribution >= 0.6 is 0 Å². The molecule has 1 aliphatic carbocycles. The van der Waals surface area contributed by atoms with E-state index < -0.39 is 0 Å². The van der Waals surface area contributed by atoms with Gasteiger partial charge in [-0.15, -0.1) is 0 Å². The van der Waals surface area contributed by atoms with Crippen LogP contribution in [0.5, 0.6) is 0 Å². The van der Waals surface area contributed by atoms with E-state index >= 15 is 0 Å². The highest BCUT2D eigenvalue weighted by Crippen LogP contribution is 2.34.